The Morgan fingerprint density at radius 3 is 2.32 bits per heavy atom. The minimum Gasteiger partial charge on any atom is -0.396 e. The summed E-state index contributed by atoms with van der Waals surface area (Å²) in [6.45, 7) is 0.704. The third-order valence-electron chi connectivity index (χ3n) is 4.80. The summed E-state index contributed by atoms with van der Waals surface area (Å²) in [5.74, 6) is 1.26. The molecule has 19 heavy (non-hydrogen) atoms. The molecule has 0 heterocycles. The maximum atomic E-state index is 12.1. The highest BCUT2D eigenvalue weighted by molar-refractivity contribution is 7.89. The number of rotatable bonds is 6. The van der Waals surface area contributed by atoms with E-state index in [1.807, 2.05) is 0 Å². The molecule has 2 N–H and O–H groups in total. The van der Waals surface area contributed by atoms with Crippen LogP contribution in [0.3, 0.4) is 0 Å². The Kier molecular flexibility index (Phi) is 5.66. The second-order valence-corrected chi connectivity index (χ2v) is 8.12. The van der Waals surface area contributed by atoms with Gasteiger partial charge in [-0.1, -0.05) is 25.7 Å². The Hall–Kier alpha value is -0.130. The summed E-state index contributed by atoms with van der Waals surface area (Å²) in [5.41, 5.74) is 0. The molecule has 0 aromatic heterocycles. The molecule has 2 aliphatic rings. The number of sulfonamides is 1. The van der Waals surface area contributed by atoms with Crippen molar-refractivity contribution in [3.8, 4) is 0 Å². The maximum Gasteiger partial charge on any atom is 0.211 e. The van der Waals surface area contributed by atoms with E-state index in [4.69, 9.17) is 0 Å². The molecule has 0 amide bonds. The normalized spacial score (nSPS) is 29.7. The van der Waals surface area contributed by atoms with E-state index in [0.29, 0.717) is 24.1 Å². The van der Waals surface area contributed by atoms with Crippen LogP contribution in [0.5, 0.6) is 0 Å². The quantitative estimate of drug-likeness (QED) is 0.785. The van der Waals surface area contributed by atoms with E-state index in [1.54, 1.807) is 0 Å². The molecule has 0 saturated heterocycles. The van der Waals surface area contributed by atoms with Crippen LogP contribution < -0.4 is 4.72 Å². The Morgan fingerprint density at radius 1 is 0.947 bits per heavy atom. The first kappa shape index (κ1) is 15.3. The second kappa shape index (κ2) is 7.04. The van der Waals surface area contributed by atoms with Crippen molar-refractivity contribution in [3.63, 3.8) is 0 Å². The molecule has 0 aromatic rings. The Labute approximate surface area is 117 Å². The molecule has 2 atom stereocenters. The van der Waals surface area contributed by atoms with Gasteiger partial charge >= 0.3 is 0 Å². The van der Waals surface area contributed by atoms with E-state index in [0.717, 1.165) is 32.1 Å². The SMILES string of the molecule is O=S(=O)(CC1CCCCC1)NCC1CCCC1CO. The highest BCUT2D eigenvalue weighted by Gasteiger charge is 2.28. The first-order valence-electron chi connectivity index (χ1n) is 7.69. The number of nitrogens with one attached hydrogen (secondary N) is 1. The summed E-state index contributed by atoms with van der Waals surface area (Å²) in [6.07, 6.45) is 8.91. The van der Waals surface area contributed by atoms with E-state index in [-0.39, 0.29) is 12.5 Å². The number of hydrogen-bond acceptors (Lipinski definition) is 3. The van der Waals surface area contributed by atoms with Crippen LogP contribution in [-0.4, -0.2) is 32.4 Å². The van der Waals surface area contributed by atoms with Crippen molar-refractivity contribution in [1.29, 1.82) is 0 Å². The molecule has 4 nitrogen and oxygen atoms in total. The van der Waals surface area contributed by atoms with Crippen LogP contribution in [0.25, 0.3) is 0 Å². The summed E-state index contributed by atoms with van der Waals surface area (Å²) < 4.78 is 26.9. The average molecular weight is 289 g/mol. The van der Waals surface area contributed by atoms with Crippen LogP contribution in [-0.2, 0) is 10.0 Å². The molecule has 0 aliphatic heterocycles. The average Bonchev–Trinajstić information content (AvgIpc) is 2.84. The Balaban J connectivity index is 1.77. The van der Waals surface area contributed by atoms with Crippen molar-refractivity contribution in [2.45, 2.75) is 51.4 Å². The summed E-state index contributed by atoms with van der Waals surface area (Å²) >= 11 is 0. The van der Waals surface area contributed by atoms with Crippen LogP contribution in [0, 0.1) is 17.8 Å². The highest BCUT2D eigenvalue weighted by atomic mass is 32.2. The second-order valence-electron chi connectivity index (χ2n) is 6.27. The largest absolute Gasteiger partial charge is 0.396 e. The van der Waals surface area contributed by atoms with Gasteiger partial charge < -0.3 is 5.11 Å². The molecule has 2 fully saturated rings. The van der Waals surface area contributed by atoms with Gasteiger partial charge in [0.15, 0.2) is 0 Å². The molecule has 0 aromatic carbocycles. The number of hydrogen-bond donors (Lipinski definition) is 2. The third kappa shape index (κ3) is 4.72. The topological polar surface area (TPSA) is 66.4 Å². The van der Waals surface area contributed by atoms with Crippen molar-refractivity contribution >= 4 is 10.0 Å². The van der Waals surface area contributed by atoms with Gasteiger partial charge in [-0.15, -0.1) is 0 Å². The maximum absolute atomic E-state index is 12.1. The van der Waals surface area contributed by atoms with Gasteiger partial charge in [0.05, 0.1) is 5.75 Å². The summed E-state index contributed by atoms with van der Waals surface area (Å²) in [4.78, 5) is 0. The molecule has 2 aliphatic carbocycles. The smallest absolute Gasteiger partial charge is 0.211 e. The van der Waals surface area contributed by atoms with E-state index < -0.39 is 10.0 Å². The standard InChI is InChI=1S/C14H27NO3S/c16-10-14-8-4-7-13(14)9-15-19(17,18)11-12-5-2-1-3-6-12/h12-16H,1-11H2. The van der Waals surface area contributed by atoms with E-state index in [9.17, 15) is 13.5 Å². The zero-order valence-electron chi connectivity index (χ0n) is 11.7. The van der Waals surface area contributed by atoms with Gasteiger partial charge in [-0.2, -0.15) is 0 Å². The van der Waals surface area contributed by atoms with Crippen LogP contribution in [0.2, 0.25) is 0 Å². The van der Waals surface area contributed by atoms with Crippen LogP contribution in [0.1, 0.15) is 51.4 Å². The highest BCUT2D eigenvalue weighted by Crippen LogP contribution is 2.31. The van der Waals surface area contributed by atoms with Gasteiger partial charge in [0.2, 0.25) is 10.0 Å². The molecule has 0 spiro atoms. The first-order valence-corrected chi connectivity index (χ1v) is 9.34. The molecule has 2 unspecified atom stereocenters. The Bertz CT molecular complexity index is 363. The van der Waals surface area contributed by atoms with Gasteiger partial charge in [-0.05, 0) is 43.4 Å². The van der Waals surface area contributed by atoms with Gasteiger partial charge in [0.25, 0.3) is 0 Å². The molecule has 2 saturated carbocycles. The lowest BCUT2D eigenvalue weighted by atomic mass is 9.91. The fraction of sp³-hybridized carbons (Fsp3) is 1.00. The molecule has 112 valence electrons. The van der Waals surface area contributed by atoms with Gasteiger partial charge in [0, 0.05) is 13.2 Å². The lowest BCUT2D eigenvalue weighted by Crippen LogP contribution is -2.35. The van der Waals surface area contributed by atoms with Crippen molar-refractivity contribution in [1.82, 2.24) is 4.72 Å². The van der Waals surface area contributed by atoms with Crippen molar-refractivity contribution < 1.29 is 13.5 Å². The number of aliphatic hydroxyl groups is 1. The first-order chi connectivity index (χ1) is 9.11. The minimum atomic E-state index is -3.13. The zero-order valence-corrected chi connectivity index (χ0v) is 12.5. The van der Waals surface area contributed by atoms with Crippen LogP contribution >= 0.6 is 0 Å². The molecular formula is C14H27NO3S. The van der Waals surface area contributed by atoms with Crippen LogP contribution in [0.15, 0.2) is 0 Å². The van der Waals surface area contributed by atoms with Crippen molar-refractivity contribution in [3.05, 3.63) is 0 Å². The van der Waals surface area contributed by atoms with E-state index in [1.165, 1.54) is 19.3 Å². The predicted molar refractivity (Wildman–Crippen MR) is 76.3 cm³/mol. The molecule has 0 bridgehead atoms. The fourth-order valence-corrected chi connectivity index (χ4v) is 5.12. The molecule has 0 radical (unpaired) electrons. The van der Waals surface area contributed by atoms with Gasteiger partial charge in [-0.3, -0.25) is 0 Å². The van der Waals surface area contributed by atoms with E-state index in [2.05, 4.69) is 4.72 Å². The lowest BCUT2D eigenvalue weighted by molar-refractivity contribution is 0.195. The summed E-state index contributed by atoms with van der Waals surface area (Å²) in [5, 5.41) is 9.25. The molecular weight excluding hydrogens is 262 g/mol. The van der Waals surface area contributed by atoms with Gasteiger partial charge in [-0.25, -0.2) is 13.1 Å². The van der Waals surface area contributed by atoms with Crippen LogP contribution in [0.4, 0.5) is 0 Å². The van der Waals surface area contributed by atoms with Crippen molar-refractivity contribution in [2.75, 3.05) is 18.9 Å². The number of aliphatic hydroxyl groups excluding tert-OH is 1. The zero-order chi connectivity index (χ0) is 13.7. The minimum absolute atomic E-state index is 0.190. The molecule has 5 heteroatoms. The van der Waals surface area contributed by atoms with Gasteiger partial charge in [0.1, 0.15) is 0 Å². The monoisotopic (exact) mass is 289 g/mol. The summed E-state index contributed by atoms with van der Waals surface area (Å²) in [6, 6.07) is 0. The summed E-state index contributed by atoms with van der Waals surface area (Å²) in [7, 11) is -3.13. The fourth-order valence-electron chi connectivity index (χ4n) is 3.58. The van der Waals surface area contributed by atoms with E-state index >= 15 is 0 Å². The van der Waals surface area contributed by atoms with Crippen molar-refractivity contribution in [2.24, 2.45) is 17.8 Å². The molecule has 2 rings (SSSR count). The lowest BCUT2D eigenvalue weighted by Gasteiger charge is -2.22. The Morgan fingerprint density at radius 2 is 1.63 bits per heavy atom. The third-order valence-corrected chi connectivity index (χ3v) is 6.31. The predicted octanol–water partition coefficient (Wildman–Crippen LogP) is 1.89.